The molecule has 2 aromatic carbocycles. The van der Waals surface area contributed by atoms with Crippen LogP contribution in [-0.4, -0.2) is 15.4 Å². The van der Waals surface area contributed by atoms with E-state index in [2.05, 4.69) is 55.6 Å². The van der Waals surface area contributed by atoms with Gasteiger partial charge in [0.2, 0.25) is 0 Å². The van der Waals surface area contributed by atoms with E-state index in [4.69, 9.17) is 5.73 Å². The van der Waals surface area contributed by atoms with Crippen LogP contribution in [0, 0.1) is 5.41 Å². The van der Waals surface area contributed by atoms with Crippen LogP contribution in [0.15, 0.2) is 42.5 Å². The molecule has 0 aliphatic rings. The van der Waals surface area contributed by atoms with Gasteiger partial charge in [0, 0.05) is 14.9 Å². The molecule has 2 rings (SSSR count). The Morgan fingerprint density at radius 2 is 1.50 bits per heavy atom. The van der Waals surface area contributed by atoms with Crippen molar-refractivity contribution >= 4 is 26.2 Å². The summed E-state index contributed by atoms with van der Waals surface area (Å²) in [6, 6.07) is 14.7. The number of halogens is 2. The molecule has 0 heterocycles. The normalized spacial score (nSPS) is 8.59. The molecule has 0 saturated heterocycles. The molecule has 6 heteroatoms. The van der Waals surface area contributed by atoms with Gasteiger partial charge in [-0.1, -0.05) is 39.9 Å². The first-order valence-electron chi connectivity index (χ1n) is 6.28. The third kappa shape index (κ3) is 13.5. The van der Waals surface area contributed by atoms with Crippen LogP contribution in [0.2, 0.25) is 13.1 Å². The summed E-state index contributed by atoms with van der Waals surface area (Å²) < 4.78 is 0. The van der Waals surface area contributed by atoms with Crippen LogP contribution in [0.4, 0.5) is 0 Å². The number of fused-ring (bicyclic) bond motifs is 1. The first kappa shape index (κ1) is 29.8. The van der Waals surface area contributed by atoms with Crippen LogP contribution in [-0.2, 0) is 26.5 Å². The molecule has 0 saturated carbocycles. The molecule has 2 aromatic rings. The van der Waals surface area contributed by atoms with Crippen molar-refractivity contribution in [3.63, 3.8) is 0 Å². The second-order valence-electron chi connectivity index (χ2n) is 5.23. The van der Waals surface area contributed by atoms with Crippen LogP contribution in [0.25, 0.3) is 16.5 Å². The molecule has 1 amide bonds. The zero-order valence-corrected chi connectivity index (χ0v) is 17.8. The van der Waals surface area contributed by atoms with Crippen molar-refractivity contribution in [2.45, 2.75) is 33.9 Å². The maximum Gasteiger partial charge on any atom is 4.00 e. The van der Waals surface area contributed by atoms with Crippen molar-refractivity contribution in [3.8, 4) is 0 Å². The number of nitrogens with one attached hydrogen (secondary N) is 1. The van der Waals surface area contributed by atoms with E-state index in [0.717, 1.165) is 9.52 Å². The van der Waals surface area contributed by atoms with Gasteiger partial charge < -0.3 is 35.3 Å². The molecule has 0 bridgehead atoms. The number of rotatable bonds is 0. The first-order valence-corrected chi connectivity index (χ1v) is 8.28. The van der Waals surface area contributed by atoms with Crippen LogP contribution in [0.3, 0.4) is 0 Å². The predicted molar refractivity (Wildman–Crippen MR) is 85.8 cm³/mol. The minimum absolute atomic E-state index is 0. The average molecular weight is 392 g/mol. The molecule has 2 radical (unpaired) electrons. The van der Waals surface area contributed by atoms with Crippen molar-refractivity contribution < 1.29 is 51.3 Å². The fourth-order valence-electron chi connectivity index (χ4n) is 1.07. The van der Waals surface area contributed by atoms with Crippen LogP contribution < -0.4 is 24.8 Å². The largest absolute Gasteiger partial charge is 4.00 e. The molecule has 0 atom stereocenters. The van der Waals surface area contributed by atoms with E-state index in [1.54, 1.807) is 20.8 Å². The van der Waals surface area contributed by atoms with Crippen molar-refractivity contribution in [3.05, 3.63) is 48.2 Å². The third-order valence-corrected chi connectivity index (χ3v) is 2.23. The van der Waals surface area contributed by atoms with Gasteiger partial charge in [-0.15, -0.1) is 29.7 Å². The number of carbonyl (C=O) groups excluding carboxylic acids is 1. The van der Waals surface area contributed by atoms with E-state index in [1.165, 1.54) is 10.8 Å². The molecule has 120 valence electrons. The maximum atomic E-state index is 10.1. The van der Waals surface area contributed by atoms with Gasteiger partial charge in [0.05, 0.1) is 5.91 Å². The number of hydrogen-bond acceptors (Lipinski definition) is 1. The molecule has 0 aliphatic carbocycles. The molecule has 0 aliphatic heterocycles. The summed E-state index contributed by atoms with van der Waals surface area (Å²) in [6.07, 6.45) is 0. The van der Waals surface area contributed by atoms with Gasteiger partial charge in [-0.3, -0.25) is 0 Å². The van der Waals surface area contributed by atoms with E-state index < -0.39 is 11.3 Å². The van der Waals surface area contributed by atoms with Crippen molar-refractivity contribution in [2.24, 2.45) is 5.41 Å². The van der Waals surface area contributed by atoms with Gasteiger partial charge in [0.25, 0.3) is 0 Å². The summed E-state index contributed by atoms with van der Waals surface area (Å²) >= 11 is 0. The molecular weight excluding hydrogens is 369 g/mol. The zero-order chi connectivity index (χ0) is 14.9. The van der Waals surface area contributed by atoms with Gasteiger partial charge in [-0.05, 0) is 0 Å². The summed E-state index contributed by atoms with van der Waals surface area (Å²) in [7, 11) is 1.08. The number of amides is 1. The maximum absolute atomic E-state index is 10.1. The Kier molecular flexibility index (Phi) is 21.2. The van der Waals surface area contributed by atoms with Gasteiger partial charge >= 0.3 is 21.7 Å². The summed E-state index contributed by atoms with van der Waals surface area (Å²) in [6.45, 7) is 9.48. The van der Waals surface area contributed by atoms with Crippen LogP contribution in [0.5, 0.6) is 0 Å². The van der Waals surface area contributed by atoms with E-state index in [-0.39, 0.29) is 46.5 Å². The Morgan fingerprint density at radius 1 is 1.09 bits per heavy atom. The van der Waals surface area contributed by atoms with Gasteiger partial charge in [-0.2, -0.15) is 17.5 Å². The standard InChI is InChI=1S/C9H7.C5H11NO.C2H6Si.2ClH.Ti/c1-2-5-9-7-3-6-8(9)4-1;1-5(2,3)4(6)7;1-3-2;;;/h1-7H;1-3H3,(H2,6,7);1-2H3;2*1H;/q-1;;;;;+4/p-3. The second-order valence-corrected chi connectivity index (χ2v) is 6.23. The average Bonchev–Trinajstić information content (AvgIpc) is 2.77. The monoisotopic (exact) mass is 391 g/mol. The first-order chi connectivity index (χ1) is 8.82. The zero-order valence-electron chi connectivity index (χ0n) is 13.7. The Balaban J connectivity index is -0.000000115. The summed E-state index contributed by atoms with van der Waals surface area (Å²) in [5.74, 6) is -0.507. The SMILES string of the molecule is CC(C)(C)C([NH-])=O.C[Si]C.[Cl-].[Cl-].[Ti+4].c1ccc2[cH-]ccc2c1. The van der Waals surface area contributed by atoms with E-state index >= 15 is 0 Å². The molecule has 22 heavy (non-hydrogen) atoms. The van der Waals surface area contributed by atoms with Gasteiger partial charge in [0.1, 0.15) is 0 Å². The molecule has 2 nitrogen and oxygen atoms in total. The Morgan fingerprint density at radius 3 is 1.86 bits per heavy atom. The fraction of sp³-hybridized carbons (Fsp3) is 0.375. The smallest absolute Gasteiger partial charge is 1.00 e. The van der Waals surface area contributed by atoms with E-state index in [1.807, 2.05) is 0 Å². The predicted octanol–water partition coefficient (Wildman–Crippen LogP) is -1.04. The van der Waals surface area contributed by atoms with Crippen molar-refractivity contribution in [2.75, 3.05) is 0 Å². The number of hydrogen-bond donors (Lipinski definition) is 0. The summed E-state index contributed by atoms with van der Waals surface area (Å²) in [5, 5.41) is 2.66. The topological polar surface area (TPSA) is 40.9 Å². The quantitative estimate of drug-likeness (QED) is 0.417. The molecular formula is C16H23Cl2NOSiTi. The Bertz CT molecular complexity index is 468. The molecule has 0 spiro atoms. The van der Waals surface area contributed by atoms with Crippen molar-refractivity contribution in [1.29, 1.82) is 0 Å². The molecule has 0 unspecified atom stereocenters. The minimum Gasteiger partial charge on any atom is -1.00 e. The molecule has 0 aromatic heterocycles. The van der Waals surface area contributed by atoms with E-state index in [9.17, 15) is 4.79 Å². The molecule has 0 fully saturated rings. The van der Waals surface area contributed by atoms with Crippen LogP contribution >= 0.6 is 0 Å². The van der Waals surface area contributed by atoms with E-state index in [0.29, 0.717) is 0 Å². The summed E-state index contributed by atoms with van der Waals surface area (Å²) in [5.41, 5.74) is 6.12. The number of benzene rings is 1. The van der Waals surface area contributed by atoms with Gasteiger partial charge in [0.15, 0.2) is 0 Å². The fourth-order valence-corrected chi connectivity index (χ4v) is 1.07. The Hall–Kier alpha value is -0.189. The van der Waals surface area contributed by atoms with Crippen LogP contribution in [0.1, 0.15) is 20.8 Å². The van der Waals surface area contributed by atoms with Gasteiger partial charge in [-0.25, -0.2) is 0 Å². The Labute approximate surface area is 164 Å². The number of carbonyl (C=O) groups is 1. The minimum atomic E-state index is -0.507. The van der Waals surface area contributed by atoms with Crippen molar-refractivity contribution in [1.82, 2.24) is 0 Å². The molecule has 1 N–H and O–H groups in total. The second kappa shape index (κ2) is 15.7. The summed E-state index contributed by atoms with van der Waals surface area (Å²) in [4.78, 5) is 10.1. The third-order valence-electron chi connectivity index (χ3n) is 2.23.